The number of hydrogen-bond donors (Lipinski definition) is 1. The number of amides is 3. The molecule has 6 rings (SSSR count). The molecule has 4 aliphatic heterocycles. The lowest BCUT2D eigenvalue weighted by Gasteiger charge is -2.36. The molecular weight excluding hydrogens is 414 g/mol. The van der Waals surface area contributed by atoms with Crippen LogP contribution in [0.1, 0.15) is 29.5 Å². The van der Waals surface area contributed by atoms with Crippen LogP contribution in [0.15, 0.2) is 36.4 Å². The van der Waals surface area contributed by atoms with Crippen molar-refractivity contribution in [2.24, 2.45) is 11.8 Å². The molecule has 31 heavy (non-hydrogen) atoms. The number of benzene rings is 2. The number of anilines is 2. The zero-order valence-corrected chi connectivity index (χ0v) is 18.1. The Bertz CT molecular complexity index is 1190. The summed E-state index contributed by atoms with van der Waals surface area (Å²) in [6, 6.07) is 10.8. The Hall–Kier alpha value is -2.70. The SMILES string of the molecule is Cc1ccc(N2C(=O)[C@@H]3[C@@H]4CCCN4[C@]4(C(=O)Nc5ccc(Cl)cc54)[C@H]3C2=O)cc1C. The normalized spacial score (nSPS) is 31.4. The van der Waals surface area contributed by atoms with Gasteiger partial charge in [0.05, 0.1) is 17.5 Å². The zero-order chi connectivity index (χ0) is 21.7. The fraction of sp³-hybridized carbons (Fsp3) is 0.375. The van der Waals surface area contributed by atoms with E-state index in [0.29, 0.717) is 28.5 Å². The Kier molecular flexibility index (Phi) is 3.79. The van der Waals surface area contributed by atoms with Gasteiger partial charge in [-0.05, 0) is 74.7 Å². The van der Waals surface area contributed by atoms with Crippen LogP contribution < -0.4 is 10.2 Å². The van der Waals surface area contributed by atoms with Crippen LogP contribution in [0, 0.1) is 25.7 Å². The highest BCUT2D eigenvalue weighted by molar-refractivity contribution is 6.31. The molecule has 4 heterocycles. The van der Waals surface area contributed by atoms with E-state index in [1.165, 1.54) is 4.90 Å². The van der Waals surface area contributed by atoms with Crippen molar-refractivity contribution in [1.82, 2.24) is 4.90 Å². The van der Waals surface area contributed by atoms with Gasteiger partial charge in [0.1, 0.15) is 5.54 Å². The van der Waals surface area contributed by atoms with E-state index in [0.717, 1.165) is 24.0 Å². The average Bonchev–Trinajstić information content (AvgIpc) is 3.43. The summed E-state index contributed by atoms with van der Waals surface area (Å²) in [6.07, 6.45) is 1.69. The molecule has 158 valence electrons. The van der Waals surface area contributed by atoms with E-state index in [9.17, 15) is 14.4 Å². The summed E-state index contributed by atoms with van der Waals surface area (Å²) in [7, 11) is 0. The molecule has 1 N–H and O–H groups in total. The first kappa shape index (κ1) is 19.0. The van der Waals surface area contributed by atoms with Gasteiger partial charge < -0.3 is 5.32 Å². The Morgan fingerprint density at radius 2 is 1.84 bits per heavy atom. The minimum absolute atomic E-state index is 0.131. The van der Waals surface area contributed by atoms with Gasteiger partial charge in [-0.1, -0.05) is 17.7 Å². The lowest BCUT2D eigenvalue weighted by molar-refractivity contribution is -0.135. The van der Waals surface area contributed by atoms with Gasteiger partial charge >= 0.3 is 0 Å². The predicted octanol–water partition coefficient (Wildman–Crippen LogP) is 3.39. The molecule has 4 aliphatic rings. The number of fused-ring (bicyclic) bond motifs is 7. The summed E-state index contributed by atoms with van der Waals surface area (Å²) >= 11 is 6.32. The van der Waals surface area contributed by atoms with Gasteiger partial charge in [-0.2, -0.15) is 0 Å². The first-order valence-corrected chi connectivity index (χ1v) is 11.1. The third-order valence-corrected chi connectivity index (χ3v) is 7.94. The molecule has 0 unspecified atom stereocenters. The van der Waals surface area contributed by atoms with Crippen molar-refractivity contribution in [2.75, 3.05) is 16.8 Å². The molecule has 0 radical (unpaired) electrons. The molecule has 3 fully saturated rings. The average molecular weight is 436 g/mol. The summed E-state index contributed by atoms with van der Waals surface area (Å²) in [5.41, 5.74) is 2.89. The second kappa shape index (κ2) is 6.17. The summed E-state index contributed by atoms with van der Waals surface area (Å²) in [5, 5.41) is 3.48. The standard InChI is InChI=1S/C24H22ClN3O3/c1-12-5-7-15(10-13(12)2)28-21(29)19-18-4-3-9-27(18)24(20(19)22(28)30)16-11-14(25)6-8-17(16)26-23(24)31/h5-8,10-11,18-20H,3-4,9H2,1-2H3,(H,26,31)/t18-,19+,20+,24-/m0/s1. The van der Waals surface area contributed by atoms with E-state index in [-0.39, 0.29) is 23.8 Å². The fourth-order valence-corrected chi connectivity index (χ4v) is 6.47. The number of nitrogens with one attached hydrogen (secondary N) is 1. The highest BCUT2D eigenvalue weighted by Crippen LogP contribution is 2.60. The minimum Gasteiger partial charge on any atom is -0.324 e. The van der Waals surface area contributed by atoms with Crippen LogP contribution in [-0.2, 0) is 19.9 Å². The smallest absolute Gasteiger partial charge is 0.250 e. The molecule has 3 saturated heterocycles. The molecular formula is C24H22ClN3O3. The highest BCUT2D eigenvalue weighted by atomic mass is 35.5. The molecule has 3 amide bonds. The number of carbonyl (C=O) groups is 3. The van der Waals surface area contributed by atoms with E-state index < -0.39 is 17.4 Å². The molecule has 7 heteroatoms. The monoisotopic (exact) mass is 435 g/mol. The van der Waals surface area contributed by atoms with Crippen molar-refractivity contribution in [1.29, 1.82) is 0 Å². The second-order valence-corrected chi connectivity index (χ2v) is 9.53. The molecule has 0 aromatic heterocycles. The third kappa shape index (κ3) is 2.19. The van der Waals surface area contributed by atoms with Gasteiger partial charge in [0, 0.05) is 22.3 Å². The fourth-order valence-electron chi connectivity index (χ4n) is 6.29. The van der Waals surface area contributed by atoms with Crippen molar-refractivity contribution >= 4 is 40.7 Å². The van der Waals surface area contributed by atoms with Crippen LogP contribution in [0.5, 0.6) is 0 Å². The number of nitrogens with zero attached hydrogens (tertiary/aromatic N) is 2. The Morgan fingerprint density at radius 1 is 1.03 bits per heavy atom. The number of imide groups is 1. The van der Waals surface area contributed by atoms with Gasteiger partial charge in [-0.15, -0.1) is 0 Å². The van der Waals surface area contributed by atoms with E-state index in [2.05, 4.69) is 10.2 Å². The molecule has 2 aromatic carbocycles. The molecule has 0 bridgehead atoms. The topological polar surface area (TPSA) is 69.7 Å². The summed E-state index contributed by atoms with van der Waals surface area (Å²) in [5.74, 6) is -2.02. The van der Waals surface area contributed by atoms with E-state index in [1.807, 2.05) is 32.0 Å². The van der Waals surface area contributed by atoms with Crippen LogP contribution >= 0.6 is 11.6 Å². The number of rotatable bonds is 1. The van der Waals surface area contributed by atoms with Crippen LogP contribution in [0.4, 0.5) is 11.4 Å². The van der Waals surface area contributed by atoms with Crippen molar-refractivity contribution in [3.63, 3.8) is 0 Å². The molecule has 1 spiro atoms. The van der Waals surface area contributed by atoms with Crippen molar-refractivity contribution < 1.29 is 14.4 Å². The summed E-state index contributed by atoms with van der Waals surface area (Å²) in [6.45, 7) is 4.64. The number of aryl methyl sites for hydroxylation is 2. The van der Waals surface area contributed by atoms with E-state index in [4.69, 9.17) is 11.6 Å². The Balaban J connectivity index is 1.56. The lowest BCUT2D eigenvalue weighted by Crippen LogP contribution is -2.54. The van der Waals surface area contributed by atoms with Gasteiger partial charge in [-0.25, -0.2) is 4.90 Å². The minimum atomic E-state index is -1.19. The van der Waals surface area contributed by atoms with Crippen LogP contribution in [-0.4, -0.2) is 35.2 Å². The Labute approximate surface area is 185 Å². The maximum Gasteiger partial charge on any atom is 0.250 e. The van der Waals surface area contributed by atoms with E-state index >= 15 is 0 Å². The van der Waals surface area contributed by atoms with Gasteiger partial charge in [0.25, 0.3) is 0 Å². The predicted molar refractivity (Wildman–Crippen MR) is 117 cm³/mol. The van der Waals surface area contributed by atoms with E-state index in [1.54, 1.807) is 18.2 Å². The summed E-state index contributed by atoms with van der Waals surface area (Å²) in [4.78, 5) is 44.6. The van der Waals surface area contributed by atoms with Crippen LogP contribution in [0.2, 0.25) is 5.02 Å². The lowest BCUT2D eigenvalue weighted by atomic mass is 9.75. The zero-order valence-electron chi connectivity index (χ0n) is 17.3. The van der Waals surface area contributed by atoms with Gasteiger partial charge in [-0.3, -0.25) is 19.3 Å². The molecule has 4 atom stereocenters. The molecule has 6 nitrogen and oxygen atoms in total. The van der Waals surface area contributed by atoms with Crippen molar-refractivity contribution in [3.8, 4) is 0 Å². The number of hydrogen-bond acceptors (Lipinski definition) is 4. The molecule has 0 aliphatic carbocycles. The second-order valence-electron chi connectivity index (χ2n) is 9.10. The van der Waals surface area contributed by atoms with Gasteiger partial charge in [0.2, 0.25) is 17.7 Å². The van der Waals surface area contributed by atoms with Crippen molar-refractivity contribution in [3.05, 3.63) is 58.1 Å². The largest absolute Gasteiger partial charge is 0.324 e. The van der Waals surface area contributed by atoms with Crippen LogP contribution in [0.25, 0.3) is 0 Å². The number of carbonyl (C=O) groups excluding carboxylic acids is 3. The summed E-state index contributed by atoms with van der Waals surface area (Å²) < 4.78 is 0. The highest BCUT2D eigenvalue weighted by Gasteiger charge is 2.74. The van der Waals surface area contributed by atoms with Crippen molar-refractivity contribution in [2.45, 2.75) is 38.3 Å². The molecule has 2 aromatic rings. The third-order valence-electron chi connectivity index (χ3n) is 7.70. The van der Waals surface area contributed by atoms with Gasteiger partial charge in [0.15, 0.2) is 0 Å². The number of halogens is 1. The Morgan fingerprint density at radius 3 is 2.61 bits per heavy atom. The first-order chi connectivity index (χ1) is 14.9. The maximum atomic E-state index is 13.9. The molecule has 0 saturated carbocycles. The maximum absolute atomic E-state index is 13.9. The quantitative estimate of drug-likeness (QED) is 0.697. The first-order valence-electron chi connectivity index (χ1n) is 10.7. The van der Waals surface area contributed by atoms with Crippen LogP contribution in [0.3, 0.4) is 0 Å².